The van der Waals surface area contributed by atoms with Crippen LogP contribution >= 0.6 is 0 Å². The Morgan fingerprint density at radius 2 is 1.90 bits per heavy atom. The first-order chi connectivity index (χ1) is 14.2. The fourth-order valence-corrected chi connectivity index (χ4v) is 3.65. The van der Waals surface area contributed by atoms with Crippen molar-refractivity contribution in [2.24, 2.45) is 0 Å². The molecule has 6 nitrogen and oxygen atoms in total. The van der Waals surface area contributed by atoms with E-state index >= 15 is 0 Å². The number of piperidine rings is 1. The number of pyridine rings is 1. The Labute approximate surface area is 178 Å². The van der Waals surface area contributed by atoms with Crippen LogP contribution in [0.2, 0.25) is 0 Å². The summed E-state index contributed by atoms with van der Waals surface area (Å²) < 4.78 is 5.85. The minimum atomic E-state index is -0.134. The Bertz CT molecular complexity index is 882. The second kappa shape index (κ2) is 9.28. The first-order valence-electron chi connectivity index (χ1n) is 10.5. The van der Waals surface area contributed by atoms with Gasteiger partial charge in [0, 0.05) is 25.3 Å². The van der Waals surface area contributed by atoms with Crippen molar-refractivity contribution in [1.82, 2.24) is 15.2 Å². The van der Waals surface area contributed by atoms with Crippen molar-refractivity contribution in [3.05, 3.63) is 59.4 Å². The molecule has 1 aromatic heterocycles. The van der Waals surface area contributed by atoms with Crippen LogP contribution < -0.4 is 10.1 Å². The van der Waals surface area contributed by atoms with Gasteiger partial charge in [0.05, 0.1) is 0 Å². The molecule has 160 valence electrons. The lowest BCUT2D eigenvalue weighted by Gasteiger charge is -2.32. The monoisotopic (exact) mass is 409 g/mol. The highest BCUT2D eigenvalue weighted by atomic mass is 16.5. The van der Waals surface area contributed by atoms with E-state index in [2.05, 4.69) is 44.1 Å². The topological polar surface area (TPSA) is 71.5 Å². The molecule has 1 fully saturated rings. The van der Waals surface area contributed by atoms with Crippen LogP contribution in [0.3, 0.4) is 0 Å². The summed E-state index contributed by atoms with van der Waals surface area (Å²) in [6, 6.07) is 11.4. The standard InChI is InChI=1S/C24H31N3O3/c1-17-8-9-21(19(15-17)24(2,3)4)30-16-22(28)26-18-10-13-27(14-11-18)23(29)20-7-5-6-12-25-20/h5-9,12,15,18H,10-11,13-14,16H2,1-4H3,(H,26,28). The molecule has 3 rings (SSSR count). The number of likely N-dealkylation sites (tertiary alicyclic amines) is 1. The van der Waals surface area contributed by atoms with E-state index in [0.29, 0.717) is 18.8 Å². The lowest BCUT2D eigenvalue weighted by atomic mass is 9.85. The third kappa shape index (κ3) is 5.59. The van der Waals surface area contributed by atoms with E-state index in [4.69, 9.17) is 4.74 Å². The molecule has 0 bridgehead atoms. The number of benzene rings is 1. The van der Waals surface area contributed by atoms with Gasteiger partial charge in [-0.3, -0.25) is 14.6 Å². The van der Waals surface area contributed by atoms with Crippen molar-refractivity contribution < 1.29 is 14.3 Å². The van der Waals surface area contributed by atoms with E-state index in [-0.39, 0.29) is 29.9 Å². The molecule has 0 saturated carbocycles. The van der Waals surface area contributed by atoms with Crippen molar-refractivity contribution in [2.45, 2.75) is 52.0 Å². The molecule has 0 radical (unpaired) electrons. The Kier molecular flexibility index (Phi) is 6.75. The number of ether oxygens (including phenoxy) is 1. The number of rotatable bonds is 5. The molecule has 1 N–H and O–H groups in total. The molecule has 2 heterocycles. The summed E-state index contributed by atoms with van der Waals surface area (Å²) in [4.78, 5) is 30.8. The first-order valence-corrected chi connectivity index (χ1v) is 10.5. The van der Waals surface area contributed by atoms with Gasteiger partial charge in [0.2, 0.25) is 0 Å². The molecule has 2 aromatic rings. The summed E-state index contributed by atoms with van der Waals surface area (Å²) in [5.74, 6) is 0.557. The van der Waals surface area contributed by atoms with Crippen molar-refractivity contribution >= 4 is 11.8 Å². The first kappa shape index (κ1) is 21.8. The SMILES string of the molecule is Cc1ccc(OCC(=O)NC2CCN(C(=O)c3ccccn3)CC2)c(C(C)(C)C)c1. The van der Waals surface area contributed by atoms with Gasteiger partial charge in [-0.05, 0) is 48.9 Å². The highest BCUT2D eigenvalue weighted by Crippen LogP contribution is 2.32. The number of carbonyl (C=O) groups excluding carboxylic acids is 2. The highest BCUT2D eigenvalue weighted by molar-refractivity contribution is 5.92. The van der Waals surface area contributed by atoms with E-state index in [1.165, 1.54) is 5.56 Å². The van der Waals surface area contributed by atoms with Crippen molar-refractivity contribution in [3.63, 3.8) is 0 Å². The Morgan fingerprint density at radius 1 is 1.17 bits per heavy atom. The number of carbonyl (C=O) groups is 2. The van der Waals surface area contributed by atoms with Crippen LogP contribution in [0.15, 0.2) is 42.6 Å². The quantitative estimate of drug-likeness (QED) is 0.821. The largest absolute Gasteiger partial charge is 0.483 e. The number of aromatic nitrogens is 1. The van der Waals surface area contributed by atoms with Crippen LogP contribution in [0.1, 0.15) is 55.2 Å². The maximum Gasteiger partial charge on any atom is 0.272 e. The fraction of sp³-hybridized carbons (Fsp3) is 0.458. The summed E-state index contributed by atoms with van der Waals surface area (Å²) in [7, 11) is 0. The number of amides is 2. The Morgan fingerprint density at radius 3 is 2.53 bits per heavy atom. The van der Waals surface area contributed by atoms with E-state index in [9.17, 15) is 9.59 Å². The average molecular weight is 410 g/mol. The van der Waals surface area contributed by atoms with Gasteiger partial charge in [-0.15, -0.1) is 0 Å². The normalized spacial score (nSPS) is 15.0. The fourth-order valence-electron chi connectivity index (χ4n) is 3.65. The molecule has 1 saturated heterocycles. The van der Waals surface area contributed by atoms with Gasteiger partial charge < -0.3 is 15.0 Å². The summed E-state index contributed by atoms with van der Waals surface area (Å²) >= 11 is 0. The van der Waals surface area contributed by atoms with Gasteiger partial charge in [0.15, 0.2) is 6.61 Å². The van der Waals surface area contributed by atoms with Gasteiger partial charge >= 0.3 is 0 Å². The number of hydrogen-bond acceptors (Lipinski definition) is 4. The molecule has 1 aliphatic heterocycles. The van der Waals surface area contributed by atoms with Gasteiger partial charge in [-0.25, -0.2) is 0 Å². The smallest absolute Gasteiger partial charge is 0.272 e. The summed E-state index contributed by atoms with van der Waals surface area (Å²) in [5.41, 5.74) is 2.66. The second-order valence-electron chi connectivity index (χ2n) is 8.89. The third-order valence-electron chi connectivity index (χ3n) is 5.33. The molecule has 1 aliphatic rings. The molecular weight excluding hydrogens is 378 g/mol. The van der Waals surface area contributed by atoms with Gasteiger partial charge in [-0.2, -0.15) is 0 Å². The second-order valence-corrected chi connectivity index (χ2v) is 8.89. The average Bonchev–Trinajstić information content (AvgIpc) is 2.73. The van der Waals surface area contributed by atoms with Crippen LogP contribution in [0, 0.1) is 6.92 Å². The van der Waals surface area contributed by atoms with Crippen LogP contribution in [0.4, 0.5) is 0 Å². The molecule has 0 unspecified atom stereocenters. The number of aryl methyl sites for hydroxylation is 1. The Hall–Kier alpha value is -2.89. The molecule has 2 amide bonds. The van der Waals surface area contributed by atoms with Crippen LogP contribution in [-0.4, -0.2) is 47.4 Å². The summed E-state index contributed by atoms with van der Waals surface area (Å²) in [6.45, 7) is 9.65. The molecule has 0 spiro atoms. The zero-order chi connectivity index (χ0) is 21.7. The lowest BCUT2D eigenvalue weighted by Crippen LogP contribution is -2.47. The molecule has 1 aromatic carbocycles. The van der Waals surface area contributed by atoms with Crippen molar-refractivity contribution in [1.29, 1.82) is 0 Å². The van der Waals surface area contributed by atoms with E-state index < -0.39 is 0 Å². The highest BCUT2D eigenvalue weighted by Gasteiger charge is 2.25. The third-order valence-corrected chi connectivity index (χ3v) is 5.33. The summed E-state index contributed by atoms with van der Waals surface area (Å²) in [5, 5.41) is 3.04. The molecule has 0 atom stereocenters. The predicted molar refractivity (Wildman–Crippen MR) is 117 cm³/mol. The van der Waals surface area contributed by atoms with Crippen LogP contribution in [0.25, 0.3) is 0 Å². The number of hydrogen-bond donors (Lipinski definition) is 1. The lowest BCUT2D eigenvalue weighted by molar-refractivity contribution is -0.124. The van der Waals surface area contributed by atoms with Gasteiger partial charge in [0.25, 0.3) is 11.8 Å². The van der Waals surface area contributed by atoms with Crippen LogP contribution in [0.5, 0.6) is 5.75 Å². The molecule has 0 aliphatic carbocycles. The van der Waals surface area contributed by atoms with Gasteiger partial charge in [0.1, 0.15) is 11.4 Å². The Balaban J connectivity index is 1.49. The zero-order valence-electron chi connectivity index (χ0n) is 18.3. The van der Waals surface area contributed by atoms with E-state index in [1.54, 1.807) is 23.2 Å². The van der Waals surface area contributed by atoms with Crippen molar-refractivity contribution in [2.75, 3.05) is 19.7 Å². The number of nitrogens with one attached hydrogen (secondary N) is 1. The maximum atomic E-state index is 12.5. The minimum Gasteiger partial charge on any atom is -0.483 e. The molecular formula is C24H31N3O3. The van der Waals surface area contributed by atoms with Crippen LogP contribution in [-0.2, 0) is 10.2 Å². The number of nitrogens with zero attached hydrogens (tertiary/aromatic N) is 2. The molecule has 30 heavy (non-hydrogen) atoms. The minimum absolute atomic E-state index is 0.0147. The van der Waals surface area contributed by atoms with Gasteiger partial charge in [-0.1, -0.05) is 44.5 Å². The zero-order valence-corrected chi connectivity index (χ0v) is 18.3. The molecule has 6 heteroatoms. The van der Waals surface area contributed by atoms with Crippen molar-refractivity contribution in [3.8, 4) is 5.75 Å². The predicted octanol–water partition coefficient (Wildman–Crippen LogP) is 3.49. The summed E-state index contributed by atoms with van der Waals surface area (Å²) in [6.07, 6.45) is 3.07. The van der Waals surface area contributed by atoms with E-state index in [1.807, 2.05) is 18.2 Å². The van der Waals surface area contributed by atoms with E-state index in [0.717, 1.165) is 24.2 Å². The maximum absolute atomic E-state index is 12.5.